The average Bonchev–Trinajstić information content (AvgIpc) is 2.86. The summed E-state index contributed by atoms with van der Waals surface area (Å²) in [6.07, 6.45) is 10.8. The molecular weight excluding hydrogens is 308 g/mol. The molecule has 4 rings (SSSR count). The van der Waals surface area contributed by atoms with E-state index in [-0.39, 0.29) is 22.9 Å². The molecule has 4 aliphatic carbocycles. The highest BCUT2D eigenvalue weighted by Crippen LogP contribution is 2.67. The molecule has 0 bridgehead atoms. The standard InChI is InChI=1S/C23H34O2/c1-14(2)21(25)23(4)12-10-20-19-7-5-15-13-16(24)6-8-17(15)18(19)9-11-22(20,23)3/h13-14,16,19-20,24H,5-12H2,1-4H3/t16?,19-,20+,22+,23-/m1/s1. The normalized spacial score (nSPS) is 43.4. The zero-order valence-corrected chi connectivity index (χ0v) is 16.4. The molecule has 0 spiro atoms. The first-order valence-corrected chi connectivity index (χ1v) is 10.4. The van der Waals surface area contributed by atoms with E-state index in [1.807, 2.05) is 0 Å². The molecule has 2 nitrogen and oxygen atoms in total. The molecule has 138 valence electrons. The summed E-state index contributed by atoms with van der Waals surface area (Å²) < 4.78 is 0. The van der Waals surface area contributed by atoms with E-state index in [4.69, 9.17) is 0 Å². The third-order valence-corrected chi connectivity index (χ3v) is 8.53. The summed E-state index contributed by atoms with van der Waals surface area (Å²) in [5.41, 5.74) is 4.76. The number of ketones is 1. The van der Waals surface area contributed by atoms with Crippen LogP contribution in [-0.4, -0.2) is 17.0 Å². The molecule has 0 aromatic carbocycles. The molecule has 1 N–H and O–H groups in total. The Morgan fingerprint density at radius 3 is 2.60 bits per heavy atom. The maximum Gasteiger partial charge on any atom is 0.141 e. The maximum atomic E-state index is 13.1. The lowest BCUT2D eigenvalue weighted by Crippen LogP contribution is -2.49. The zero-order valence-electron chi connectivity index (χ0n) is 16.4. The molecule has 5 atom stereocenters. The molecule has 0 aromatic heterocycles. The van der Waals surface area contributed by atoms with Gasteiger partial charge >= 0.3 is 0 Å². The Balaban J connectivity index is 1.70. The fraction of sp³-hybridized carbons (Fsp3) is 0.783. The zero-order chi connectivity index (χ0) is 18.0. The molecule has 0 amide bonds. The Hall–Kier alpha value is -0.890. The van der Waals surface area contributed by atoms with Crippen molar-refractivity contribution in [3.63, 3.8) is 0 Å². The number of hydrogen-bond acceptors (Lipinski definition) is 2. The van der Waals surface area contributed by atoms with Crippen LogP contribution >= 0.6 is 0 Å². The molecular formula is C23H34O2. The van der Waals surface area contributed by atoms with Crippen molar-refractivity contribution < 1.29 is 9.90 Å². The van der Waals surface area contributed by atoms with Crippen molar-refractivity contribution in [2.75, 3.05) is 0 Å². The Bertz CT molecular complexity index is 655. The molecule has 25 heavy (non-hydrogen) atoms. The smallest absolute Gasteiger partial charge is 0.141 e. The van der Waals surface area contributed by atoms with Gasteiger partial charge in [-0.3, -0.25) is 4.79 Å². The van der Waals surface area contributed by atoms with E-state index in [1.165, 1.54) is 24.8 Å². The monoisotopic (exact) mass is 342 g/mol. The summed E-state index contributed by atoms with van der Waals surface area (Å²) in [5, 5.41) is 9.98. The Morgan fingerprint density at radius 1 is 1.12 bits per heavy atom. The van der Waals surface area contributed by atoms with Gasteiger partial charge in [0.05, 0.1) is 6.10 Å². The number of aliphatic hydroxyl groups excluding tert-OH is 1. The van der Waals surface area contributed by atoms with Crippen LogP contribution in [0.5, 0.6) is 0 Å². The largest absolute Gasteiger partial charge is 0.389 e. The SMILES string of the molecule is CC(C)C(=O)[C@@]1(C)CC[C@H]2[C@@H]3CCC4=CC(O)CCC4=C3CC[C@@]21C. The summed E-state index contributed by atoms with van der Waals surface area (Å²) >= 11 is 0. The van der Waals surface area contributed by atoms with Crippen molar-refractivity contribution in [3.05, 3.63) is 22.8 Å². The predicted octanol–water partition coefficient (Wildman–Crippen LogP) is 5.22. The predicted molar refractivity (Wildman–Crippen MR) is 101 cm³/mol. The van der Waals surface area contributed by atoms with E-state index in [1.54, 1.807) is 11.1 Å². The van der Waals surface area contributed by atoms with Gasteiger partial charge in [-0.1, -0.05) is 39.3 Å². The van der Waals surface area contributed by atoms with Gasteiger partial charge in [0.2, 0.25) is 0 Å². The number of carbonyl (C=O) groups excluding carboxylic acids is 1. The molecule has 4 aliphatic rings. The minimum atomic E-state index is -0.233. The summed E-state index contributed by atoms with van der Waals surface area (Å²) in [5.74, 6) is 1.99. The lowest BCUT2D eigenvalue weighted by atomic mass is 9.51. The van der Waals surface area contributed by atoms with Gasteiger partial charge in [-0.05, 0) is 79.8 Å². The molecule has 1 unspecified atom stereocenters. The Labute approximate surface area is 152 Å². The fourth-order valence-electron chi connectivity index (χ4n) is 6.96. The quantitative estimate of drug-likeness (QED) is 0.747. The van der Waals surface area contributed by atoms with Gasteiger partial charge in [-0.2, -0.15) is 0 Å². The second-order valence-corrected chi connectivity index (χ2v) is 9.86. The van der Waals surface area contributed by atoms with Gasteiger partial charge in [-0.15, -0.1) is 0 Å². The van der Waals surface area contributed by atoms with Crippen molar-refractivity contribution in [3.8, 4) is 0 Å². The molecule has 0 saturated heterocycles. The van der Waals surface area contributed by atoms with Gasteiger partial charge in [0, 0.05) is 11.3 Å². The van der Waals surface area contributed by atoms with Crippen molar-refractivity contribution in [1.82, 2.24) is 0 Å². The van der Waals surface area contributed by atoms with E-state index in [0.717, 1.165) is 32.1 Å². The first-order valence-electron chi connectivity index (χ1n) is 10.4. The van der Waals surface area contributed by atoms with E-state index >= 15 is 0 Å². The molecule has 0 radical (unpaired) electrons. The number of Topliss-reactive ketones (excluding diaryl/α,β-unsaturated/α-hetero) is 1. The van der Waals surface area contributed by atoms with Gasteiger partial charge in [0.25, 0.3) is 0 Å². The van der Waals surface area contributed by atoms with Crippen LogP contribution in [0.1, 0.15) is 79.1 Å². The highest BCUT2D eigenvalue weighted by Gasteiger charge is 2.61. The van der Waals surface area contributed by atoms with Crippen LogP contribution < -0.4 is 0 Å². The first kappa shape index (κ1) is 17.5. The lowest BCUT2D eigenvalue weighted by molar-refractivity contribution is -0.139. The Morgan fingerprint density at radius 2 is 1.88 bits per heavy atom. The van der Waals surface area contributed by atoms with Gasteiger partial charge in [-0.25, -0.2) is 0 Å². The van der Waals surface area contributed by atoms with Crippen molar-refractivity contribution >= 4 is 5.78 Å². The second-order valence-electron chi connectivity index (χ2n) is 9.86. The molecule has 0 heterocycles. The van der Waals surface area contributed by atoms with Crippen molar-refractivity contribution in [1.29, 1.82) is 0 Å². The van der Waals surface area contributed by atoms with Crippen molar-refractivity contribution in [2.24, 2.45) is 28.6 Å². The fourth-order valence-corrected chi connectivity index (χ4v) is 6.96. The Kier molecular flexibility index (Phi) is 4.07. The van der Waals surface area contributed by atoms with Gasteiger partial charge < -0.3 is 5.11 Å². The van der Waals surface area contributed by atoms with Crippen LogP contribution in [-0.2, 0) is 4.79 Å². The molecule has 0 aromatic rings. The van der Waals surface area contributed by atoms with Gasteiger partial charge in [0.15, 0.2) is 0 Å². The first-order chi connectivity index (χ1) is 11.8. The van der Waals surface area contributed by atoms with Crippen LogP contribution in [0.4, 0.5) is 0 Å². The van der Waals surface area contributed by atoms with E-state index < -0.39 is 0 Å². The van der Waals surface area contributed by atoms with E-state index in [2.05, 4.69) is 33.8 Å². The number of allylic oxidation sites excluding steroid dienone is 3. The average molecular weight is 343 g/mol. The summed E-state index contributed by atoms with van der Waals surface area (Å²) in [6.45, 7) is 8.86. The van der Waals surface area contributed by atoms with E-state index in [9.17, 15) is 9.90 Å². The third-order valence-electron chi connectivity index (χ3n) is 8.53. The highest BCUT2D eigenvalue weighted by atomic mass is 16.3. The minimum Gasteiger partial charge on any atom is -0.389 e. The molecule has 2 fully saturated rings. The van der Waals surface area contributed by atoms with Crippen LogP contribution in [0, 0.1) is 28.6 Å². The van der Waals surface area contributed by atoms with Crippen LogP contribution in [0.3, 0.4) is 0 Å². The van der Waals surface area contributed by atoms with Crippen molar-refractivity contribution in [2.45, 2.75) is 85.2 Å². The number of aliphatic hydroxyl groups is 1. The van der Waals surface area contributed by atoms with Crippen LogP contribution in [0.15, 0.2) is 22.8 Å². The highest BCUT2D eigenvalue weighted by molar-refractivity contribution is 5.87. The summed E-state index contributed by atoms with van der Waals surface area (Å²) in [6, 6.07) is 0. The van der Waals surface area contributed by atoms with Crippen LogP contribution in [0.25, 0.3) is 0 Å². The molecule has 2 saturated carbocycles. The number of hydrogen-bond donors (Lipinski definition) is 1. The van der Waals surface area contributed by atoms with Gasteiger partial charge in [0.1, 0.15) is 5.78 Å². The molecule has 0 aliphatic heterocycles. The third kappa shape index (κ3) is 2.36. The van der Waals surface area contributed by atoms with Crippen LogP contribution in [0.2, 0.25) is 0 Å². The lowest BCUT2D eigenvalue weighted by Gasteiger charge is -2.52. The number of carbonyl (C=O) groups is 1. The number of rotatable bonds is 2. The minimum absolute atomic E-state index is 0.138. The summed E-state index contributed by atoms with van der Waals surface area (Å²) in [4.78, 5) is 13.1. The maximum absolute atomic E-state index is 13.1. The van der Waals surface area contributed by atoms with E-state index in [0.29, 0.717) is 17.6 Å². The topological polar surface area (TPSA) is 37.3 Å². The summed E-state index contributed by atoms with van der Waals surface area (Å²) in [7, 11) is 0. The second kappa shape index (κ2) is 5.81. The molecule has 2 heteroatoms. The number of fused-ring (bicyclic) bond motifs is 4.